The highest BCUT2D eigenvalue weighted by Gasteiger charge is 2.34. The first-order chi connectivity index (χ1) is 14.0. The van der Waals surface area contributed by atoms with Crippen LogP contribution in [0.2, 0.25) is 0 Å². The van der Waals surface area contributed by atoms with Crippen LogP contribution in [-0.2, 0) is 9.59 Å². The van der Waals surface area contributed by atoms with E-state index >= 15 is 0 Å². The zero-order valence-electron chi connectivity index (χ0n) is 16.2. The van der Waals surface area contributed by atoms with Crippen molar-refractivity contribution in [3.05, 3.63) is 60.2 Å². The average Bonchev–Trinajstić information content (AvgIpc) is 3.16. The van der Waals surface area contributed by atoms with Crippen LogP contribution in [0, 0.1) is 5.92 Å². The molecular formula is C22H24N4O3. The smallest absolute Gasteiger partial charge is 0.253 e. The molecule has 2 fully saturated rings. The lowest BCUT2D eigenvalue weighted by Crippen LogP contribution is -2.48. The molecule has 3 amide bonds. The molecule has 1 atom stereocenters. The number of primary amides is 1. The van der Waals surface area contributed by atoms with E-state index in [9.17, 15) is 14.4 Å². The van der Waals surface area contributed by atoms with Crippen LogP contribution >= 0.6 is 0 Å². The molecule has 0 radical (unpaired) electrons. The van der Waals surface area contributed by atoms with Crippen LogP contribution in [0.15, 0.2) is 54.6 Å². The van der Waals surface area contributed by atoms with Gasteiger partial charge in [0.2, 0.25) is 11.8 Å². The van der Waals surface area contributed by atoms with Crippen LogP contribution in [-0.4, -0.2) is 55.3 Å². The second kappa shape index (κ2) is 7.95. The van der Waals surface area contributed by atoms with Crippen molar-refractivity contribution in [1.82, 2.24) is 4.90 Å². The molecular weight excluding hydrogens is 368 g/mol. The van der Waals surface area contributed by atoms with Gasteiger partial charge in [-0.1, -0.05) is 18.2 Å². The van der Waals surface area contributed by atoms with E-state index < -0.39 is 11.8 Å². The van der Waals surface area contributed by atoms with Gasteiger partial charge < -0.3 is 20.4 Å². The predicted molar refractivity (Wildman–Crippen MR) is 111 cm³/mol. The van der Waals surface area contributed by atoms with Gasteiger partial charge in [0.05, 0.1) is 5.92 Å². The third-order valence-corrected chi connectivity index (χ3v) is 5.64. The first-order valence-electron chi connectivity index (χ1n) is 9.82. The Bertz CT molecular complexity index is 905. The van der Waals surface area contributed by atoms with Gasteiger partial charge in [0, 0.05) is 56.1 Å². The Morgan fingerprint density at radius 2 is 1.48 bits per heavy atom. The number of anilines is 2. The molecule has 29 heavy (non-hydrogen) atoms. The first-order valence-corrected chi connectivity index (χ1v) is 9.82. The summed E-state index contributed by atoms with van der Waals surface area (Å²) in [5.41, 5.74) is 7.89. The summed E-state index contributed by atoms with van der Waals surface area (Å²) < 4.78 is 0. The molecule has 1 unspecified atom stereocenters. The molecule has 2 N–H and O–H groups in total. The molecule has 2 aromatic carbocycles. The number of piperazine rings is 1. The van der Waals surface area contributed by atoms with Gasteiger partial charge in [-0.25, -0.2) is 0 Å². The number of rotatable bonds is 4. The third kappa shape index (κ3) is 3.94. The van der Waals surface area contributed by atoms with Crippen LogP contribution < -0.4 is 15.5 Å². The average molecular weight is 392 g/mol. The van der Waals surface area contributed by atoms with Crippen LogP contribution in [0.25, 0.3) is 0 Å². The summed E-state index contributed by atoms with van der Waals surface area (Å²) in [4.78, 5) is 41.8. The minimum atomic E-state index is -0.430. The molecule has 2 saturated heterocycles. The lowest BCUT2D eigenvalue weighted by Gasteiger charge is -2.36. The fraction of sp³-hybridized carbons (Fsp3) is 0.318. The fourth-order valence-corrected chi connectivity index (χ4v) is 3.92. The Labute approximate surface area is 169 Å². The third-order valence-electron chi connectivity index (χ3n) is 5.64. The molecule has 150 valence electrons. The molecule has 2 aromatic rings. The van der Waals surface area contributed by atoms with E-state index in [-0.39, 0.29) is 18.2 Å². The summed E-state index contributed by atoms with van der Waals surface area (Å²) in [7, 11) is 0. The number of benzene rings is 2. The maximum atomic E-state index is 12.6. The molecule has 0 aliphatic carbocycles. The quantitative estimate of drug-likeness (QED) is 0.854. The number of hydrogen-bond acceptors (Lipinski definition) is 4. The minimum Gasteiger partial charge on any atom is -0.369 e. The van der Waals surface area contributed by atoms with Crippen molar-refractivity contribution in [2.24, 2.45) is 11.7 Å². The van der Waals surface area contributed by atoms with Gasteiger partial charge in [-0.3, -0.25) is 14.4 Å². The van der Waals surface area contributed by atoms with Crippen molar-refractivity contribution in [2.45, 2.75) is 6.42 Å². The molecule has 2 aliphatic heterocycles. The lowest BCUT2D eigenvalue weighted by atomic mass is 10.1. The Kier molecular flexibility index (Phi) is 5.20. The second-order valence-corrected chi connectivity index (χ2v) is 7.47. The molecule has 7 heteroatoms. The molecule has 0 spiro atoms. The molecule has 2 heterocycles. The zero-order chi connectivity index (χ0) is 20.4. The summed E-state index contributed by atoms with van der Waals surface area (Å²) in [5.74, 6) is -0.857. The molecule has 2 aliphatic rings. The number of hydrogen-bond donors (Lipinski definition) is 1. The van der Waals surface area contributed by atoms with Gasteiger partial charge in [-0.2, -0.15) is 0 Å². The van der Waals surface area contributed by atoms with Crippen LogP contribution in [0.1, 0.15) is 16.8 Å². The maximum absolute atomic E-state index is 12.6. The van der Waals surface area contributed by atoms with Gasteiger partial charge in [0.15, 0.2) is 0 Å². The highest BCUT2D eigenvalue weighted by molar-refractivity contribution is 6.00. The summed E-state index contributed by atoms with van der Waals surface area (Å²) >= 11 is 0. The predicted octanol–water partition coefficient (Wildman–Crippen LogP) is 1.49. The summed E-state index contributed by atoms with van der Waals surface area (Å²) in [6.07, 6.45) is 0.175. The van der Waals surface area contributed by atoms with Gasteiger partial charge >= 0.3 is 0 Å². The van der Waals surface area contributed by atoms with Gasteiger partial charge in [-0.15, -0.1) is 0 Å². The molecule has 0 bridgehead atoms. The van der Waals surface area contributed by atoms with Crippen molar-refractivity contribution in [2.75, 3.05) is 42.5 Å². The molecule has 4 rings (SSSR count). The summed E-state index contributed by atoms with van der Waals surface area (Å²) in [6, 6.07) is 17.1. The number of carbonyl (C=O) groups excluding carboxylic acids is 3. The van der Waals surface area contributed by atoms with E-state index in [1.807, 2.05) is 59.5 Å². The Balaban J connectivity index is 1.37. The Morgan fingerprint density at radius 3 is 2.07 bits per heavy atom. The largest absolute Gasteiger partial charge is 0.369 e. The zero-order valence-corrected chi connectivity index (χ0v) is 16.2. The first kappa shape index (κ1) is 19.0. The SMILES string of the molecule is NC(=O)C1CC(=O)N(c2ccc(N3CCN(C(=O)c4ccccc4)CC3)cc2)C1. The monoisotopic (exact) mass is 392 g/mol. The van der Waals surface area contributed by atoms with E-state index in [0.717, 1.165) is 30.0 Å². The summed E-state index contributed by atoms with van der Waals surface area (Å²) in [5, 5.41) is 0. The van der Waals surface area contributed by atoms with E-state index in [1.54, 1.807) is 4.90 Å². The molecule has 7 nitrogen and oxygen atoms in total. The van der Waals surface area contributed by atoms with Crippen molar-refractivity contribution in [1.29, 1.82) is 0 Å². The van der Waals surface area contributed by atoms with E-state index in [0.29, 0.717) is 19.6 Å². The Hall–Kier alpha value is -3.35. The number of nitrogens with zero attached hydrogens (tertiary/aromatic N) is 3. The lowest BCUT2D eigenvalue weighted by molar-refractivity contribution is -0.123. The molecule has 0 aromatic heterocycles. The van der Waals surface area contributed by atoms with Gasteiger partial charge in [0.1, 0.15) is 0 Å². The van der Waals surface area contributed by atoms with E-state index in [4.69, 9.17) is 5.73 Å². The minimum absolute atomic E-state index is 0.0668. The second-order valence-electron chi connectivity index (χ2n) is 7.47. The number of nitrogens with two attached hydrogens (primary N) is 1. The normalized spacial score (nSPS) is 19.5. The van der Waals surface area contributed by atoms with Gasteiger partial charge in [-0.05, 0) is 36.4 Å². The van der Waals surface area contributed by atoms with Crippen LogP contribution in [0.4, 0.5) is 11.4 Å². The number of amides is 3. The number of carbonyl (C=O) groups is 3. The highest BCUT2D eigenvalue weighted by atomic mass is 16.2. The Morgan fingerprint density at radius 1 is 0.862 bits per heavy atom. The van der Waals surface area contributed by atoms with Crippen molar-refractivity contribution in [3.8, 4) is 0 Å². The van der Waals surface area contributed by atoms with Crippen molar-refractivity contribution in [3.63, 3.8) is 0 Å². The highest BCUT2D eigenvalue weighted by Crippen LogP contribution is 2.27. The van der Waals surface area contributed by atoms with Crippen LogP contribution in [0.3, 0.4) is 0 Å². The summed E-state index contributed by atoms with van der Waals surface area (Å²) in [6.45, 7) is 3.18. The van der Waals surface area contributed by atoms with Crippen molar-refractivity contribution < 1.29 is 14.4 Å². The van der Waals surface area contributed by atoms with Crippen LogP contribution in [0.5, 0.6) is 0 Å². The fourth-order valence-electron chi connectivity index (χ4n) is 3.92. The van der Waals surface area contributed by atoms with Gasteiger partial charge in [0.25, 0.3) is 5.91 Å². The van der Waals surface area contributed by atoms with E-state index in [2.05, 4.69) is 4.90 Å². The molecule has 0 saturated carbocycles. The van der Waals surface area contributed by atoms with E-state index in [1.165, 1.54) is 0 Å². The topological polar surface area (TPSA) is 86.9 Å². The maximum Gasteiger partial charge on any atom is 0.253 e. The standard InChI is InChI=1S/C22H24N4O3/c23-21(28)17-14-20(27)26(15-17)19-8-6-18(7-9-19)24-10-12-25(13-11-24)22(29)16-4-2-1-3-5-16/h1-9,17H,10-15H2,(H2,23,28). The van der Waals surface area contributed by atoms with Crippen molar-refractivity contribution >= 4 is 29.1 Å².